The minimum atomic E-state index is -0.202. The van der Waals surface area contributed by atoms with E-state index in [1.165, 1.54) is 61.2 Å². The van der Waals surface area contributed by atoms with Gasteiger partial charge in [-0.25, -0.2) is 0 Å². The fraction of sp³-hybridized carbons (Fsp3) is 0.0857. The lowest BCUT2D eigenvalue weighted by Gasteiger charge is -2.44. The van der Waals surface area contributed by atoms with E-state index in [0.29, 0.717) is 11.1 Å². The molecule has 0 bridgehead atoms. The number of anilines is 4. The Hall–Kier alpha value is -9.48. The normalized spacial score (nSPS) is 16.0. The zero-order chi connectivity index (χ0) is 50.5. The fourth-order valence-electron chi connectivity index (χ4n) is 11.3. The van der Waals surface area contributed by atoms with Crippen LogP contribution in [0, 0.1) is 56.3 Å². The summed E-state index contributed by atoms with van der Waals surface area (Å²) in [6.45, 7) is 8.59. The van der Waals surface area contributed by atoms with Gasteiger partial charge in [-0.1, -0.05) is 174 Å². The van der Waals surface area contributed by atoms with Crippen LogP contribution >= 0.6 is 0 Å². The summed E-state index contributed by atoms with van der Waals surface area (Å²) in [5.74, 6) is -0.0555. The van der Waals surface area contributed by atoms with Gasteiger partial charge in [0.25, 0.3) is 0 Å². The molecule has 4 heteroatoms. The van der Waals surface area contributed by atoms with Crippen LogP contribution in [0.25, 0.3) is 44.5 Å². The van der Waals surface area contributed by atoms with E-state index < -0.39 is 0 Å². The van der Waals surface area contributed by atoms with Gasteiger partial charge in [0.15, 0.2) is 0 Å². The van der Waals surface area contributed by atoms with Crippen LogP contribution in [0.2, 0.25) is 0 Å². The summed E-state index contributed by atoms with van der Waals surface area (Å²) >= 11 is 0. The third-order valence-electron chi connectivity index (χ3n) is 14.9. The summed E-state index contributed by atoms with van der Waals surface area (Å²) in [6.07, 6.45) is 18.5. The van der Waals surface area contributed by atoms with Crippen molar-refractivity contribution in [1.82, 2.24) is 0 Å². The van der Waals surface area contributed by atoms with Gasteiger partial charge in [-0.3, -0.25) is 0 Å². The highest BCUT2D eigenvalue weighted by molar-refractivity contribution is 5.91. The van der Waals surface area contributed by atoms with E-state index in [0.717, 1.165) is 61.8 Å². The molecule has 8 aromatic carbocycles. The first-order valence-electron chi connectivity index (χ1n) is 25.3. The molecule has 0 amide bonds. The molecule has 2 atom stereocenters. The topological polar surface area (TPSA) is 54.1 Å². The molecule has 0 spiro atoms. The van der Waals surface area contributed by atoms with Gasteiger partial charge < -0.3 is 9.80 Å². The highest BCUT2D eigenvalue weighted by Crippen LogP contribution is 2.53. The van der Waals surface area contributed by atoms with E-state index in [4.69, 9.17) is 0 Å². The van der Waals surface area contributed by atoms with Crippen LogP contribution in [0.3, 0.4) is 0 Å². The van der Waals surface area contributed by atoms with Crippen molar-refractivity contribution in [3.63, 3.8) is 0 Å². The monoisotopic (exact) mass is 948 g/mol. The Kier molecular flexibility index (Phi) is 11.7. The highest BCUT2D eigenvalue weighted by atomic mass is 15.2. The van der Waals surface area contributed by atoms with E-state index in [-0.39, 0.29) is 12.0 Å². The largest absolute Gasteiger partial charge is 0.330 e. The average molecular weight is 949 g/mol. The zero-order valence-corrected chi connectivity index (χ0v) is 41.9. The Balaban J connectivity index is 1.03. The number of aryl methyl sites for hydroxylation is 4. The molecule has 74 heavy (non-hydrogen) atoms. The molecule has 4 aliphatic rings. The van der Waals surface area contributed by atoms with Crippen molar-refractivity contribution in [1.29, 1.82) is 10.5 Å². The summed E-state index contributed by atoms with van der Waals surface area (Å²) < 4.78 is 0. The van der Waals surface area contributed by atoms with Gasteiger partial charge in [0.2, 0.25) is 0 Å². The van der Waals surface area contributed by atoms with E-state index in [2.05, 4.69) is 256 Å². The molecule has 0 aromatic heterocycles. The molecule has 0 radical (unpaired) electrons. The van der Waals surface area contributed by atoms with Crippen LogP contribution in [0.4, 0.5) is 22.7 Å². The molecule has 352 valence electrons. The number of nitriles is 2. The second kappa shape index (κ2) is 18.9. The van der Waals surface area contributed by atoms with Crippen molar-refractivity contribution in [2.75, 3.05) is 9.80 Å². The third-order valence-corrected chi connectivity index (χ3v) is 14.9. The molecule has 0 N–H and O–H groups in total. The molecule has 0 saturated carbocycles. The van der Waals surface area contributed by atoms with Gasteiger partial charge in [-0.05, 0) is 168 Å². The van der Waals surface area contributed by atoms with E-state index in [1.807, 2.05) is 24.3 Å². The van der Waals surface area contributed by atoms with Crippen LogP contribution in [0.1, 0.15) is 33.4 Å². The second-order valence-electron chi connectivity index (χ2n) is 19.9. The third kappa shape index (κ3) is 8.33. The molecule has 0 saturated heterocycles. The summed E-state index contributed by atoms with van der Waals surface area (Å²) in [6, 6.07) is 69.3. The molecular weight excluding hydrogens is 897 g/mol. The Bertz CT molecular complexity index is 3910. The summed E-state index contributed by atoms with van der Waals surface area (Å²) in [5, 5.41) is 20.0. The van der Waals surface area contributed by atoms with E-state index in [9.17, 15) is 10.5 Å². The number of hydrogen-bond donors (Lipinski definition) is 0. The van der Waals surface area contributed by atoms with Crippen LogP contribution < -0.4 is 9.80 Å². The van der Waals surface area contributed by atoms with Crippen molar-refractivity contribution in [3.05, 3.63) is 298 Å². The van der Waals surface area contributed by atoms with Crippen molar-refractivity contribution in [2.45, 2.75) is 33.7 Å². The lowest BCUT2D eigenvalue weighted by Crippen LogP contribution is -2.37. The van der Waals surface area contributed by atoms with Crippen molar-refractivity contribution in [2.24, 2.45) is 5.92 Å². The average Bonchev–Trinajstić information content (AvgIpc) is 3.45. The van der Waals surface area contributed by atoms with Crippen LogP contribution in [0.15, 0.2) is 264 Å². The van der Waals surface area contributed by atoms with Crippen molar-refractivity contribution >= 4 is 22.7 Å². The molecule has 0 aliphatic heterocycles. The lowest BCUT2D eigenvalue weighted by atomic mass is 9.67. The maximum absolute atomic E-state index is 9.99. The molecule has 8 aromatic rings. The van der Waals surface area contributed by atoms with Gasteiger partial charge >= 0.3 is 0 Å². The van der Waals surface area contributed by atoms with Gasteiger partial charge in [-0.2, -0.15) is 10.5 Å². The molecule has 0 heterocycles. The maximum Gasteiger partial charge on any atom is 0.0991 e. The standard InChI is InChI=1S/C70H52N4/c1-45-9-5-13-53(37-45)55-25-35-67(63(41-55)57-15-7-11-47(3)39-57)73(59-27-17-49(43-71)18-28-59)65-33-23-51-22-32-62-66(34-24-52-21-31-61(65)69(51)70(52)62)74(60-29-19-50(44-72)20-30-60)68-36-26-56(54-14-6-10-46(2)38-54)42-64(68)58-16-8-12-48(4)40-58/h5-42,65,70H,1-4H3. The van der Waals surface area contributed by atoms with E-state index in [1.54, 1.807) is 0 Å². The summed E-state index contributed by atoms with van der Waals surface area (Å²) in [4.78, 5) is 4.87. The highest BCUT2D eigenvalue weighted by Gasteiger charge is 2.40. The van der Waals surface area contributed by atoms with Gasteiger partial charge in [0, 0.05) is 34.1 Å². The quantitative estimate of drug-likeness (QED) is 0.137. The minimum Gasteiger partial charge on any atom is -0.330 e. The Morgan fingerprint density at radius 1 is 0.432 bits per heavy atom. The van der Waals surface area contributed by atoms with Gasteiger partial charge in [0.05, 0.1) is 40.7 Å². The molecule has 4 nitrogen and oxygen atoms in total. The molecule has 2 unspecified atom stereocenters. The van der Waals surface area contributed by atoms with Crippen LogP contribution in [-0.2, 0) is 0 Å². The number of hydrogen-bond acceptors (Lipinski definition) is 4. The fourth-order valence-corrected chi connectivity index (χ4v) is 11.3. The van der Waals surface area contributed by atoms with E-state index >= 15 is 0 Å². The number of nitrogens with zero attached hydrogens (tertiary/aromatic N) is 4. The molecule has 4 aliphatic carbocycles. The smallest absolute Gasteiger partial charge is 0.0991 e. The first-order valence-corrected chi connectivity index (χ1v) is 25.3. The first kappa shape index (κ1) is 45.6. The van der Waals surface area contributed by atoms with Crippen molar-refractivity contribution in [3.8, 4) is 56.6 Å². The molecule has 12 rings (SSSR count). The molecular formula is C70H52N4. The maximum atomic E-state index is 9.99. The SMILES string of the molecule is Cc1cccc(-c2ccc(N(C3=C4C=CC5=C6C(=CC=C(C=C3)C46)C(N(c3ccc(C#N)cc3)c3ccc(-c4cccc(C)c4)cc3-c3cccc(C)c3)C=C5)c3ccc(C#N)cc3)c(-c3cccc(C)c3)c2)c1. The summed E-state index contributed by atoms with van der Waals surface area (Å²) in [5.41, 5.74) is 26.5. The summed E-state index contributed by atoms with van der Waals surface area (Å²) in [7, 11) is 0. The van der Waals surface area contributed by atoms with Crippen LogP contribution in [-0.4, -0.2) is 6.04 Å². The zero-order valence-electron chi connectivity index (χ0n) is 41.9. The predicted molar refractivity (Wildman–Crippen MR) is 305 cm³/mol. The van der Waals surface area contributed by atoms with Gasteiger partial charge in [0.1, 0.15) is 0 Å². The van der Waals surface area contributed by atoms with Crippen LogP contribution in [0.5, 0.6) is 0 Å². The Morgan fingerprint density at radius 3 is 1.49 bits per heavy atom. The predicted octanol–water partition coefficient (Wildman–Crippen LogP) is 17.4. The first-order chi connectivity index (χ1) is 36.2. The van der Waals surface area contributed by atoms with Gasteiger partial charge in [-0.15, -0.1) is 0 Å². The number of allylic oxidation sites excluding steroid dienone is 10. The van der Waals surface area contributed by atoms with Crippen molar-refractivity contribution < 1.29 is 0 Å². The Labute approximate surface area is 434 Å². The minimum absolute atomic E-state index is 0.0555. The number of rotatable bonds is 10. The number of benzene rings is 8. The Morgan fingerprint density at radius 2 is 0.932 bits per heavy atom. The molecule has 0 fully saturated rings. The lowest BCUT2D eigenvalue weighted by molar-refractivity contribution is 0.773. The second-order valence-corrected chi connectivity index (χ2v) is 19.9.